The van der Waals surface area contributed by atoms with Crippen molar-refractivity contribution >= 4 is 21.6 Å². The maximum Gasteiger partial charge on any atom is 0.216 e. The van der Waals surface area contributed by atoms with E-state index >= 15 is 0 Å². The minimum atomic E-state index is -3.70. The SMILES string of the molecule is CC(NS(=O)(=O)Cc1c(F)cccc1Cl)c1ccccc1. The number of benzene rings is 2. The molecule has 0 aromatic heterocycles. The molecule has 0 aliphatic heterocycles. The summed E-state index contributed by atoms with van der Waals surface area (Å²) in [6.45, 7) is 1.73. The van der Waals surface area contributed by atoms with Crippen LogP contribution in [0.3, 0.4) is 0 Å². The van der Waals surface area contributed by atoms with Gasteiger partial charge >= 0.3 is 0 Å². The van der Waals surface area contributed by atoms with Crippen molar-refractivity contribution in [2.24, 2.45) is 0 Å². The van der Waals surface area contributed by atoms with E-state index in [1.54, 1.807) is 6.92 Å². The second-order valence-electron chi connectivity index (χ2n) is 4.71. The molecule has 1 N–H and O–H groups in total. The molecule has 0 radical (unpaired) electrons. The van der Waals surface area contributed by atoms with Crippen LogP contribution in [0.5, 0.6) is 0 Å². The second-order valence-corrected chi connectivity index (χ2v) is 6.87. The molecule has 0 saturated carbocycles. The largest absolute Gasteiger partial charge is 0.216 e. The predicted octanol–water partition coefficient (Wildman–Crippen LogP) is 3.66. The quantitative estimate of drug-likeness (QED) is 0.911. The summed E-state index contributed by atoms with van der Waals surface area (Å²) in [6, 6.07) is 12.8. The van der Waals surface area contributed by atoms with Gasteiger partial charge in [-0.05, 0) is 24.6 Å². The molecule has 0 aliphatic rings. The molecule has 2 rings (SSSR count). The fraction of sp³-hybridized carbons (Fsp3) is 0.200. The summed E-state index contributed by atoms with van der Waals surface area (Å²) in [7, 11) is -3.70. The Labute approximate surface area is 128 Å². The monoisotopic (exact) mass is 327 g/mol. The molecule has 112 valence electrons. The lowest BCUT2D eigenvalue weighted by atomic mass is 10.1. The average Bonchev–Trinajstić information content (AvgIpc) is 2.43. The van der Waals surface area contributed by atoms with Crippen molar-refractivity contribution in [2.45, 2.75) is 18.7 Å². The molecular formula is C15H15ClFNO2S. The van der Waals surface area contributed by atoms with Crippen LogP contribution >= 0.6 is 11.6 Å². The lowest BCUT2D eigenvalue weighted by Gasteiger charge is -2.15. The highest BCUT2D eigenvalue weighted by Crippen LogP contribution is 2.22. The lowest BCUT2D eigenvalue weighted by molar-refractivity contribution is 0.561. The normalized spacial score (nSPS) is 13.1. The fourth-order valence-corrected chi connectivity index (χ4v) is 3.72. The van der Waals surface area contributed by atoms with Crippen LogP contribution in [0.4, 0.5) is 4.39 Å². The number of sulfonamides is 1. The molecule has 0 amide bonds. The highest BCUT2D eigenvalue weighted by molar-refractivity contribution is 7.88. The summed E-state index contributed by atoms with van der Waals surface area (Å²) in [5.41, 5.74) is 0.813. The van der Waals surface area contributed by atoms with Gasteiger partial charge in [-0.3, -0.25) is 0 Å². The molecule has 3 nitrogen and oxygen atoms in total. The van der Waals surface area contributed by atoms with E-state index < -0.39 is 27.6 Å². The number of rotatable bonds is 5. The summed E-state index contributed by atoms with van der Waals surface area (Å²) in [6.07, 6.45) is 0. The van der Waals surface area contributed by atoms with E-state index in [2.05, 4.69) is 4.72 Å². The van der Waals surface area contributed by atoms with Gasteiger partial charge in [0.2, 0.25) is 10.0 Å². The number of hydrogen-bond donors (Lipinski definition) is 1. The zero-order valence-electron chi connectivity index (χ0n) is 11.4. The minimum Gasteiger partial charge on any atom is -0.212 e. The molecule has 2 aromatic carbocycles. The highest BCUT2D eigenvalue weighted by Gasteiger charge is 2.20. The Morgan fingerprint density at radius 3 is 2.43 bits per heavy atom. The summed E-state index contributed by atoms with van der Waals surface area (Å²) >= 11 is 5.86. The van der Waals surface area contributed by atoms with Crippen molar-refractivity contribution in [3.63, 3.8) is 0 Å². The lowest BCUT2D eigenvalue weighted by Crippen LogP contribution is -2.28. The van der Waals surface area contributed by atoms with Gasteiger partial charge in [-0.25, -0.2) is 17.5 Å². The van der Waals surface area contributed by atoms with Crippen molar-refractivity contribution in [1.82, 2.24) is 4.72 Å². The second kappa shape index (κ2) is 6.56. The van der Waals surface area contributed by atoms with Crippen LogP contribution < -0.4 is 4.72 Å². The molecule has 0 bridgehead atoms. The Balaban J connectivity index is 2.16. The Hall–Kier alpha value is -1.43. The molecular weight excluding hydrogens is 313 g/mol. The first kappa shape index (κ1) is 15.9. The van der Waals surface area contributed by atoms with Crippen LogP contribution in [-0.4, -0.2) is 8.42 Å². The first-order valence-corrected chi connectivity index (χ1v) is 8.40. The van der Waals surface area contributed by atoms with Crippen molar-refractivity contribution in [2.75, 3.05) is 0 Å². The maximum absolute atomic E-state index is 13.7. The van der Waals surface area contributed by atoms with Gasteiger partial charge in [-0.1, -0.05) is 48.0 Å². The number of nitrogens with one attached hydrogen (secondary N) is 1. The van der Waals surface area contributed by atoms with Crippen LogP contribution in [0, 0.1) is 5.82 Å². The standard InChI is InChI=1S/C15H15ClFNO2S/c1-11(12-6-3-2-4-7-12)18-21(19,20)10-13-14(16)8-5-9-15(13)17/h2-9,11,18H,10H2,1H3. The van der Waals surface area contributed by atoms with Crippen molar-refractivity contribution in [3.8, 4) is 0 Å². The third-order valence-electron chi connectivity index (χ3n) is 3.05. The molecule has 0 heterocycles. The first-order chi connectivity index (χ1) is 9.89. The summed E-state index contributed by atoms with van der Waals surface area (Å²) in [5.74, 6) is -1.12. The summed E-state index contributed by atoms with van der Waals surface area (Å²) < 4.78 is 40.5. The molecule has 0 aliphatic carbocycles. The predicted molar refractivity (Wildman–Crippen MR) is 82.0 cm³/mol. The third-order valence-corrected chi connectivity index (χ3v) is 4.79. The van der Waals surface area contributed by atoms with Gasteiger partial charge in [0.05, 0.1) is 5.75 Å². The molecule has 0 fully saturated rings. The molecule has 0 spiro atoms. The molecule has 1 unspecified atom stereocenters. The Morgan fingerprint density at radius 1 is 1.14 bits per heavy atom. The van der Waals surface area contributed by atoms with Gasteiger partial charge in [-0.2, -0.15) is 0 Å². The van der Waals surface area contributed by atoms with E-state index in [9.17, 15) is 12.8 Å². The van der Waals surface area contributed by atoms with Crippen LogP contribution in [0.1, 0.15) is 24.1 Å². The van der Waals surface area contributed by atoms with Gasteiger partial charge in [0.25, 0.3) is 0 Å². The van der Waals surface area contributed by atoms with Crippen molar-refractivity contribution < 1.29 is 12.8 Å². The third kappa shape index (κ3) is 4.27. The summed E-state index contributed by atoms with van der Waals surface area (Å²) in [5, 5.41) is 0.104. The van der Waals surface area contributed by atoms with Crippen molar-refractivity contribution in [1.29, 1.82) is 0 Å². The van der Waals surface area contributed by atoms with Crippen molar-refractivity contribution in [3.05, 3.63) is 70.5 Å². The average molecular weight is 328 g/mol. The molecule has 2 aromatic rings. The smallest absolute Gasteiger partial charge is 0.212 e. The van der Waals surface area contributed by atoms with E-state index in [4.69, 9.17) is 11.6 Å². The maximum atomic E-state index is 13.7. The molecule has 6 heteroatoms. The Kier molecular flexibility index (Phi) is 4.98. The zero-order valence-corrected chi connectivity index (χ0v) is 13.0. The van der Waals surface area contributed by atoms with Crippen LogP contribution in [0.2, 0.25) is 5.02 Å². The van der Waals surface area contributed by atoms with E-state index in [0.717, 1.165) is 5.56 Å². The van der Waals surface area contributed by atoms with Gasteiger partial charge in [0.1, 0.15) is 5.82 Å². The molecule has 21 heavy (non-hydrogen) atoms. The number of halogens is 2. The summed E-state index contributed by atoms with van der Waals surface area (Å²) in [4.78, 5) is 0. The van der Waals surface area contributed by atoms with Gasteiger partial charge in [-0.15, -0.1) is 0 Å². The van der Waals surface area contributed by atoms with Crippen LogP contribution in [0.25, 0.3) is 0 Å². The van der Waals surface area contributed by atoms with Gasteiger partial charge < -0.3 is 0 Å². The fourth-order valence-electron chi connectivity index (χ4n) is 1.98. The molecule has 1 atom stereocenters. The number of hydrogen-bond acceptors (Lipinski definition) is 2. The Bertz CT molecular complexity index is 699. The topological polar surface area (TPSA) is 46.2 Å². The van der Waals surface area contributed by atoms with Gasteiger partial charge in [0.15, 0.2) is 0 Å². The van der Waals surface area contributed by atoms with Crippen LogP contribution in [-0.2, 0) is 15.8 Å². The zero-order chi connectivity index (χ0) is 15.5. The van der Waals surface area contributed by atoms with E-state index in [1.165, 1.54) is 18.2 Å². The first-order valence-electron chi connectivity index (χ1n) is 6.37. The Morgan fingerprint density at radius 2 is 1.81 bits per heavy atom. The van der Waals surface area contributed by atoms with E-state index in [1.807, 2.05) is 30.3 Å². The molecule has 0 saturated heterocycles. The minimum absolute atomic E-state index is 0.0214. The highest BCUT2D eigenvalue weighted by atomic mass is 35.5. The van der Waals surface area contributed by atoms with E-state index in [-0.39, 0.29) is 10.6 Å². The van der Waals surface area contributed by atoms with E-state index in [0.29, 0.717) is 0 Å². The van der Waals surface area contributed by atoms with Crippen LogP contribution in [0.15, 0.2) is 48.5 Å². The van der Waals surface area contributed by atoms with Gasteiger partial charge in [0, 0.05) is 16.6 Å².